The summed E-state index contributed by atoms with van der Waals surface area (Å²) in [6.45, 7) is 0. The zero-order valence-corrected chi connectivity index (χ0v) is 10.7. The van der Waals surface area contributed by atoms with Crippen LogP contribution in [0.4, 0.5) is 4.39 Å². The van der Waals surface area contributed by atoms with Gasteiger partial charge in [-0.1, -0.05) is 0 Å². The molecule has 1 amide bonds. The van der Waals surface area contributed by atoms with E-state index < -0.39 is 0 Å². The van der Waals surface area contributed by atoms with Crippen LogP contribution in [0.1, 0.15) is 10.4 Å². The molecule has 0 unspecified atom stereocenters. The van der Waals surface area contributed by atoms with Gasteiger partial charge >= 0.3 is 0 Å². The molecule has 20 heavy (non-hydrogen) atoms. The number of benzene rings is 1. The van der Waals surface area contributed by atoms with Crippen LogP contribution >= 0.6 is 0 Å². The molecule has 0 aliphatic heterocycles. The highest BCUT2D eigenvalue weighted by molar-refractivity contribution is 6.10. The highest BCUT2D eigenvalue weighted by Gasteiger charge is 2.21. The summed E-state index contributed by atoms with van der Waals surface area (Å²) in [4.78, 5) is 16.2. The lowest BCUT2D eigenvalue weighted by Gasteiger charge is -2.02. The number of hydrogen-bond donors (Lipinski definition) is 1. The molecule has 0 aliphatic rings. The van der Waals surface area contributed by atoms with Crippen molar-refractivity contribution in [3.8, 4) is 11.3 Å². The lowest BCUT2D eigenvalue weighted by atomic mass is 10.1. The van der Waals surface area contributed by atoms with Crippen molar-refractivity contribution in [2.75, 3.05) is 7.05 Å². The van der Waals surface area contributed by atoms with Gasteiger partial charge in [0.15, 0.2) is 0 Å². The maximum absolute atomic E-state index is 13.0. The minimum Gasteiger partial charge on any atom is -0.437 e. The summed E-state index contributed by atoms with van der Waals surface area (Å²) in [6.07, 6.45) is 1.59. The molecule has 4 nitrogen and oxygen atoms in total. The average molecular weight is 270 g/mol. The monoisotopic (exact) mass is 270 g/mol. The number of carbonyl (C=O) groups excluding carboxylic acids is 1. The van der Waals surface area contributed by atoms with Crippen molar-refractivity contribution >= 4 is 17.0 Å². The van der Waals surface area contributed by atoms with Crippen molar-refractivity contribution in [2.45, 2.75) is 0 Å². The van der Waals surface area contributed by atoms with Gasteiger partial charge in [0.2, 0.25) is 5.71 Å². The Labute approximate surface area is 114 Å². The van der Waals surface area contributed by atoms with Gasteiger partial charge in [-0.25, -0.2) is 9.37 Å². The summed E-state index contributed by atoms with van der Waals surface area (Å²) >= 11 is 0. The molecule has 0 saturated heterocycles. The molecule has 5 heteroatoms. The number of hydrogen-bond acceptors (Lipinski definition) is 3. The third-order valence-electron chi connectivity index (χ3n) is 3.03. The normalized spacial score (nSPS) is 10.7. The van der Waals surface area contributed by atoms with Crippen LogP contribution in [0.5, 0.6) is 0 Å². The highest BCUT2D eigenvalue weighted by atomic mass is 19.1. The average Bonchev–Trinajstić information content (AvgIpc) is 2.86. The SMILES string of the molecule is CNC(=O)c1c(-c2ccc(F)cc2)oc2ncccc12. The third kappa shape index (κ3) is 1.93. The smallest absolute Gasteiger partial charge is 0.255 e. The van der Waals surface area contributed by atoms with E-state index in [9.17, 15) is 9.18 Å². The Hall–Kier alpha value is -2.69. The highest BCUT2D eigenvalue weighted by Crippen LogP contribution is 2.32. The maximum atomic E-state index is 13.0. The summed E-state index contributed by atoms with van der Waals surface area (Å²) in [5.41, 5.74) is 1.41. The maximum Gasteiger partial charge on any atom is 0.255 e. The number of aromatic nitrogens is 1. The number of halogens is 1. The number of rotatable bonds is 2. The van der Waals surface area contributed by atoms with E-state index in [1.165, 1.54) is 12.1 Å². The Balaban J connectivity index is 2.29. The fourth-order valence-electron chi connectivity index (χ4n) is 2.09. The van der Waals surface area contributed by atoms with E-state index in [0.717, 1.165) is 0 Å². The first kappa shape index (κ1) is 12.3. The molecule has 1 N–H and O–H groups in total. The van der Waals surface area contributed by atoms with Crippen molar-refractivity contribution in [2.24, 2.45) is 0 Å². The van der Waals surface area contributed by atoms with Crippen LogP contribution in [-0.4, -0.2) is 17.9 Å². The molecule has 0 spiro atoms. The zero-order chi connectivity index (χ0) is 14.1. The molecule has 1 aromatic carbocycles. The van der Waals surface area contributed by atoms with Gasteiger partial charge in [0.05, 0.1) is 10.9 Å². The Morgan fingerprint density at radius 2 is 2.00 bits per heavy atom. The summed E-state index contributed by atoms with van der Waals surface area (Å²) in [5.74, 6) is -0.224. The predicted molar refractivity (Wildman–Crippen MR) is 72.8 cm³/mol. The minimum absolute atomic E-state index is 0.268. The summed E-state index contributed by atoms with van der Waals surface area (Å²) in [7, 11) is 1.55. The fourth-order valence-corrected chi connectivity index (χ4v) is 2.09. The molecular weight excluding hydrogens is 259 g/mol. The van der Waals surface area contributed by atoms with Crippen LogP contribution in [0.2, 0.25) is 0 Å². The number of amides is 1. The number of pyridine rings is 1. The first-order valence-corrected chi connectivity index (χ1v) is 6.06. The molecule has 3 rings (SSSR count). The third-order valence-corrected chi connectivity index (χ3v) is 3.03. The fraction of sp³-hybridized carbons (Fsp3) is 0.0667. The van der Waals surface area contributed by atoms with E-state index in [2.05, 4.69) is 10.3 Å². The molecule has 0 saturated carbocycles. The molecule has 0 aliphatic carbocycles. The summed E-state index contributed by atoms with van der Waals surface area (Å²) in [5, 5.41) is 3.21. The van der Waals surface area contributed by atoms with E-state index in [1.807, 2.05) is 0 Å². The topological polar surface area (TPSA) is 55.1 Å². The summed E-state index contributed by atoms with van der Waals surface area (Å²) in [6, 6.07) is 9.29. The molecular formula is C15H11FN2O2. The Bertz CT molecular complexity index is 778. The van der Waals surface area contributed by atoms with Crippen molar-refractivity contribution in [3.05, 3.63) is 54.0 Å². The Morgan fingerprint density at radius 1 is 1.25 bits per heavy atom. The second-order valence-corrected chi connectivity index (χ2v) is 4.25. The zero-order valence-electron chi connectivity index (χ0n) is 10.7. The van der Waals surface area contributed by atoms with Gasteiger partial charge in [-0.3, -0.25) is 4.79 Å². The van der Waals surface area contributed by atoms with E-state index in [1.54, 1.807) is 37.5 Å². The van der Waals surface area contributed by atoms with Crippen molar-refractivity contribution in [3.63, 3.8) is 0 Å². The number of nitrogens with one attached hydrogen (secondary N) is 1. The molecule has 0 atom stereocenters. The van der Waals surface area contributed by atoms with Gasteiger partial charge in [-0.05, 0) is 36.4 Å². The first-order valence-electron chi connectivity index (χ1n) is 6.06. The van der Waals surface area contributed by atoms with E-state index in [-0.39, 0.29) is 11.7 Å². The standard InChI is InChI=1S/C15H11FN2O2/c1-17-14(19)12-11-3-2-8-18-15(11)20-13(12)9-4-6-10(16)7-5-9/h2-8H,1H3,(H,17,19). The lowest BCUT2D eigenvalue weighted by molar-refractivity contribution is 0.0964. The summed E-state index contributed by atoms with van der Waals surface area (Å²) < 4.78 is 18.7. The number of carbonyl (C=O) groups is 1. The van der Waals surface area contributed by atoms with Gasteiger partial charge in [-0.2, -0.15) is 0 Å². The quantitative estimate of drug-likeness (QED) is 0.778. The van der Waals surface area contributed by atoms with Crippen LogP contribution in [0.25, 0.3) is 22.4 Å². The van der Waals surface area contributed by atoms with Crippen molar-refractivity contribution in [1.82, 2.24) is 10.3 Å². The molecule has 3 aromatic rings. The predicted octanol–water partition coefficient (Wildman–Crippen LogP) is 2.99. The van der Waals surface area contributed by atoms with Crippen LogP contribution in [0, 0.1) is 5.82 Å². The largest absolute Gasteiger partial charge is 0.437 e. The van der Waals surface area contributed by atoms with Crippen molar-refractivity contribution in [1.29, 1.82) is 0 Å². The van der Waals surface area contributed by atoms with Gasteiger partial charge in [0.1, 0.15) is 11.6 Å². The van der Waals surface area contributed by atoms with Crippen LogP contribution in [0.3, 0.4) is 0 Å². The molecule has 0 bridgehead atoms. The van der Waals surface area contributed by atoms with Gasteiger partial charge in [-0.15, -0.1) is 0 Å². The molecule has 0 fully saturated rings. The van der Waals surface area contributed by atoms with Crippen molar-refractivity contribution < 1.29 is 13.6 Å². The molecule has 2 aromatic heterocycles. The lowest BCUT2D eigenvalue weighted by Crippen LogP contribution is -2.18. The van der Waals surface area contributed by atoms with Crippen LogP contribution in [-0.2, 0) is 0 Å². The van der Waals surface area contributed by atoms with E-state index in [4.69, 9.17) is 4.42 Å². The van der Waals surface area contributed by atoms with E-state index >= 15 is 0 Å². The van der Waals surface area contributed by atoms with Gasteiger partial charge < -0.3 is 9.73 Å². The van der Waals surface area contributed by atoms with Gasteiger partial charge in [0.25, 0.3) is 5.91 Å². The van der Waals surface area contributed by atoms with Crippen LogP contribution in [0.15, 0.2) is 47.0 Å². The number of furan rings is 1. The van der Waals surface area contributed by atoms with E-state index in [0.29, 0.717) is 28.0 Å². The Morgan fingerprint density at radius 3 is 2.70 bits per heavy atom. The number of nitrogens with zero attached hydrogens (tertiary/aromatic N) is 1. The second kappa shape index (κ2) is 4.77. The van der Waals surface area contributed by atoms with Crippen LogP contribution < -0.4 is 5.32 Å². The Kier molecular flexibility index (Phi) is 2.95. The molecule has 0 radical (unpaired) electrons. The second-order valence-electron chi connectivity index (χ2n) is 4.25. The molecule has 2 heterocycles. The number of fused-ring (bicyclic) bond motifs is 1. The van der Waals surface area contributed by atoms with Gasteiger partial charge in [0, 0.05) is 18.8 Å². The minimum atomic E-state index is -0.343. The molecule has 100 valence electrons. The first-order chi connectivity index (χ1) is 9.70.